The third-order valence-electron chi connectivity index (χ3n) is 2.58. The maximum Gasteiger partial charge on any atom is 0.0934 e. The van der Waals surface area contributed by atoms with E-state index in [2.05, 4.69) is 16.5 Å². The molecule has 17 heavy (non-hydrogen) atoms. The van der Waals surface area contributed by atoms with E-state index in [1.165, 1.54) is 6.08 Å². The summed E-state index contributed by atoms with van der Waals surface area (Å²) in [7, 11) is 0. The highest BCUT2D eigenvalue weighted by Gasteiger charge is 2.11. The summed E-state index contributed by atoms with van der Waals surface area (Å²) >= 11 is 0. The highest BCUT2D eigenvalue weighted by atomic mass is 16.5. The minimum absolute atomic E-state index is 0.724. The second-order valence-electron chi connectivity index (χ2n) is 3.76. The number of allylic oxidation sites excluding steroid dienone is 1. The van der Waals surface area contributed by atoms with Gasteiger partial charge in [-0.2, -0.15) is 5.26 Å². The molecule has 0 bridgehead atoms. The Bertz CT molecular complexity index is 416. The molecule has 4 heteroatoms. The Balaban J connectivity index is 2.08. The third-order valence-corrected chi connectivity index (χ3v) is 2.58. The molecule has 0 saturated carbocycles. The van der Waals surface area contributed by atoms with Gasteiger partial charge >= 0.3 is 0 Å². The molecular weight excluding hydrogens is 214 g/mol. The lowest BCUT2D eigenvalue weighted by atomic mass is 10.1. The van der Waals surface area contributed by atoms with Crippen LogP contribution in [0.5, 0.6) is 0 Å². The Morgan fingerprint density at radius 1 is 1.29 bits per heavy atom. The van der Waals surface area contributed by atoms with Crippen LogP contribution < -0.4 is 5.43 Å². The molecule has 0 amide bonds. The number of nitrogens with zero attached hydrogens (tertiary/aromatic N) is 2. The van der Waals surface area contributed by atoms with Crippen LogP contribution in [0.15, 0.2) is 36.4 Å². The molecule has 2 rings (SSSR count). The zero-order valence-corrected chi connectivity index (χ0v) is 9.60. The first kappa shape index (κ1) is 11.6. The van der Waals surface area contributed by atoms with Crippen LogP contribution in [0.3, 0.4) is 0 Å². The fraction of sp³-hybridized carbons (Fsp3) is 0.308. The van der Waals surface area contributed by atoms with Gasteiger partial charge in [0.1, 0.15) is 0 Å². The summed E-state index contributed by atoms with van der Waals surface area (Å²) in [5.74, 6) is 0. The van der Waals surface area contributed by atoms with Gasteiger partial charge in [0.2, 0.25) is 0 Å². The summed E-state index contributed by atoms with van der Waals surface area (Å²) in [4.78, 5) is 0. The number of nitrogens with one attached hydrogen (secondary N) is 1. The number of nitriles is 1. The lowest BCUT2D eigenvalue weighted by Gasteiger charge is -2.29. The van der Waals surface area contributed by atoms with Crippen LogP contribution in [0.2, 0.25) is 0 Å². The maximum absolute atomic E-state index is 8.82. The fourth-order valence-electron chi connectivity index (χ4n) is 1.71. The molecule has 0 aromatic heterocycles. The molecule has 1 fully saturated rings. The molecule has 1 heterocycles. The van der Waals surface area contributed by atoms with Gasteiger partial charge in [0.15, 0.2) is 0 Å². The second kappa shape index (κ2) is 6.04. The number of hydrogen-bond donors (Lipinski definition) is 1. The van der Waals surface area contributed by atoms with Gasteiger partial charge in [-0.3, -0.25) is 0 Å². The monoisotopic (exact) mass is 229 g/mol. The van der Waals surface area contributed by atoms with Gasteiger partial charge in [-0.25, -0.2) is 5.01 Å². The Morgan fingerprint density at radius 3 is 2.65 bits per heavy atom. The SMILES string of the molecule is N#C/C=C(/NN1CCOCC1)c1ccccc1. The first-order valence-electron chi connectivity index (χ1n) is 5.65. The summed E-state index contributed by atoms with van der Waals surface area (Å²) in [6, 6.07) is 11.9. The lowest BCUT2D eigenvalue weighted by molar-refractivity contribution is 0.0230. The van der Waals surface area contributed by atoms with E-state index in [1.54, 1.807) is 0 Å². The van der Waals surface area contributed by atoms with Gasteiger partial charge in [0.05, 0.1) is 25.0 Å². The maximum atomic E-state index is 8.82. The van der Waals surface area contributed by atoms with Crippen LogP contribution in [-0.4, -0.2) is 31.3 Å². The average Bonchev–Trinajstić information content (AvgIpc) is 2.40. The quantitative estimate of drug-likeness (QED) is 0.796. The lowest BCUT2D eigenvalue weighted by Crippen LogP contribution is -2.44. The van der Waals surface area contributed by atoms with Gasteiger partial charge in [0, 0.05) is 19.2 Å². The van der Waals surface area contributed by atoms with E-state index in [0.717, 1.165) is 37.6 Å². The van der Waals surface area contributed by atoms with Crippen molar-refractivity contribution in [2.24, 2.45) is 0 Å². The van der Waals surface area contributed by atoms with E-state index in [9.17, 15) is 0 Å². The smallest absolute Gasteiger partial charge is 0.0934 e. The topological polar surface area (TPSA) is 48.3 Å². The number of rotatable bonds is 3. The highest BCUT2D eigenvalue weighted by Crippen LogP contribution is 2.11. The van der Waals surface area contributed by atoms with Crippen molar-refractivity contribution in [1.82, 2.24) is 10.4 Å². The molecule has 1 saturated heterocycles. The number of benzene rings is 1. The largest absolute Gasteiger partial charge is 0.379 e. The van der Waals surface area contributed by atoms with Crippen LogP contribution in [0.4, 0.5) is 0 Å². The van der Waals surface area contributed by atoms with Crippen molar-refractivity contribution in [3.63, 3.8) is 0 Å². The molecule has 1 N–H and O–H groups in total. The van der Waals surface area contributed by atoms with Gasteiger partial charge in [-0.15, -0.1) is 0 Å². The van der Waals surface area contributed by atoms with E-state index in [0.29, 0.717) is 0 Å². The predicted molar refractivity (Wildman–Crippen MR) is 65.6 cm³/mol. The van der Waals surface area contributed by atoms with Crippen LogP contribution >= 0.6 is 0 Å². The molecule has 1 aliphatic heterocycles. The number of ether oxygens (including phenoxy) is 1. The van der Waals surface area contributed by atoms with Crippen LogP contribution in [-0.2, 0) is 4.74 Å². The number of hydrogen-bond acceptors (Lipinski definition) is 4. The third kappa shape index (κ3) is 3.31. The minimum Gasteiger partial charge on any atom is -0.379 e. The van der Waals surface area contributed by atoms with Crippen molar-refractivity contribution >= 4 is 5.70 Å². The normalized spacial score (nSPS) is 17.5. The van der Waals surface area contributed by atoms with Gasteiger partial charge in [0.25, 0.3) is 0 Å². The minimum atomic E-state index is 0.724. The Kier molecular flexibility index (Phi) is 4.14. The average molecular weight is 229 g/mol. The van der Waals surface area contributed by atoms with Gasteiger partial charge in [-0.05, 0) is 5.56 Å². The Hall–Kier alpha value is -1.83. The zero-order chi connectivity index (χ0) is 11.9. The Labute approximate surface area is 101 Å². The summed E-state index contributed by atoms with van der Waals surface area (Å²) in [6.07, 6.45) is 1.53. The van der Waals surface area contributed by atoms with Gasteiger partial charge in [-0.1, -0.05) is 30.3 Å². The van der Waals surface area contributed by atoms with Crippen molar-refractivity contribution in [3.05, 3.63) is 42.0 Å². The molecule has 0 aliphatic carbocycles. The number of hydrazine groups is 1. The van der Waals surface area contributed by atoms with E-state index in [-0.39, 0.29) is 0 Å². The molecular formula is C13H15N3O. The van der Waals surface area contributed by atoms with E-state index >= 15 is 0 Å². The molecule has 0 spiro atoms. The van der Waals surface area contributed by atoms with Crippen molar-refractivity contribution in [2.45, 2.75) is 0 Å². The van der Waals surface area contributed by atoms with Crippen LogP contribution in [0.1, 0.15) is 5.56 Å². The van der Waals surface area contributed by atoms with Crippen molar-refractivity contribution in [3.8, 4) is 6.07 Å². The molecule has 0 radical (unpaired) electrons. The second-order valence-corrected chi connectivity index (χ2v) is 3.76. The first-order valence-corrected chi connectivity index (χ1v) is 5.65. The van der Waals surface area contributed by atoms with Crippen molar-refractivity contribution < 1.29 is 4.74 Å². The highest BCUT2D eigenvalue weighted by molar-refractivity contribution is 5.65. The van der Waals surface area contributed by atoms with E-state index in [1.807, 2.05) is 30.3 Å². The fourth-order valence-corrected chi connectivity index (χ4v) is 1.71. The van der Waals surface area contributed by atoms with Crippen LogP contribution in [0, 0.1) is 11.3 Å². The summed E-state index contributed by atoms with van der Waals surface area (Å²) in [5, 5.41) is 10.9. The number of morpholine rings is 1. The van der Waals surface area contributed by atoms with E-state index < -0.39 is 0 Å². The van der Waals surface area contributed by atoms with Crippen molar-refractivity contribution in [2.75, 3.05) is 26.3 Å². The Morgan fingerprint density at radius 2 is 2.00 bits per heavy atom. The molecule has 1 aromatic rings. The molecule has 4 nitrogen and oxygen atoms in total. The van der Waals surface area contributed by atoms with E-state index in [4.69, 9.17) is 10.00 Å². The predicted octanol–water partition coefficient (Wildman–Crippen LogP) is 1.39. The van der Waals surface area contributed by atoms with Crippen molar-refractivity contribution in [1.29, 1.82) is 5.26 Å². The molecule has 0 unspecified atom stereocenters. The van der Waals surface area contributed by atoms with Crippen LogP contribution in [0.25, 0.3) is 5.70 Å². The summed E-state index contributed by atoms with van der Waals surface area (Å²) < 4.78 is 5.28. The molecule has 1 aromatic carbocycles. The summed E-state index contributed by atoms with van der Waals surface area (Å²) in [6.45, 7) is 3.11. The molecule has 1 aliphatic rings. The molecule has 88 valence electrons. The summed E-state index contributed by atoms with van der Waals surface area (Å²) in [5.41, 5.74) is 5.11. The standard InChI is InChI=1S/C13H15N3O/c14-7-6-13(12-4-2-1-3-5-12)15-16-8-10-17-11-9-16/h1-6,15H,8-11H2/b13-6+. The first-order chi connectivity index (χ1) is 8.40. The molecule has 0 atom stereocenters. The zero-order valence-electron chi connectivity index (χ0n) is 9.60. The van der Waals surface area contributed by atoms with Gasteiger partial charge < -0.3 is 10.2 Å².